The molecule has 0 saturated carbocycles. The number of carbonyl (C=O) groups excluding carboxylic acids is 1. The summed E-state index contributed by atoms with van der Waals surface area (Å²) in [5.74, 6) is 0.202. The van der Waals surface area contributed by atoms with Crippen molar-refractivity contribution in [1.29, 1.82) is 0 Å². The molecule has 0 atom stereocenters. The quantitative estimate of drug-likeness (QED) is 0.605. The van der Waals surface area contributed by atoms with Gasteiger partial charge in [-0.1, -0.05) is 12.2 Å². The van der Waals surface area contributed by atoms with E-state index in [0.717, 1.165) is 12.1 Å². The van der Waals surface area contributed by atoms with Crippen molar-refractivity contribution in [3.8, 4) is 0 Å². The van der Waals surface area contributed by atoms with Crippen molar-refractivity contribution in [3.05, 3.63) is 23.8 Å². The number of ketones is 1. The van der Waals surface area contributed by atoms with Crippen LogP contribution in [0, 0.1) is 0 Å². The van der Waals surface area contributed by atoms with E-state index in [0.29, 0.717) is 6.42 Å². The van der Waals surface area contributed by atoms with E-state index in [1.807, 2.05) is 13.1 Å². The number of likely N-dealkylation sites (N-methyl/N-ethyl adjacent to an activating group) is 1. The molecule has 1 aliphatic carbocycles. The number of hydrogen-bond acceptors (Lipinski definition) is 2. The van der Waals surface area contributed by atoms with Crippen LogP contribution in [0.5, 0.6) is 0 Å². The van der Waals surface area contributed by atoms with Crippen molar-refractivity contribution in [2.75, 3.05) is 13.6 Å². The Bertz CT molecular complexity index is 191. The molecule has 0 aromatic carbocycles. The van der Waals surface area contributed by atoms with E-state index in [4.69, 9.17) is 0 Å². The van der Waals surface area contributed by atoms with E-state index in [1.165, 1.54) is 0 Å². The van der Waals surface area contributed by atoms with Crippen LogP contribution >= 0.6 is 0 Å². The van der Waals surface area contributed by atoms with Crippen molar-refractivity contribution in [2.45, 2.75) is 6.42 Å². The Morgan fingerprint density at radius 1 is 1.70 bits per heavy atom. The predicted molar refractivity (Wildman–Crippen MR) is 40.8 cm³/mol. The Kier molecular flexibility index (Phi) is 2.40. The first-order chi connectivity index (χ1) is 4.83. The minimum atomic E-state index is 0.202. The van der Waals surface area contributed by atoms with Crippen molar-refractivity contribution in [3.63, 3.8) is 0 Å². The number of allylic oxidation sites excluding steroid dienone is 3. The number of carbonyl (C=O) groups is 1. The number of nitrogens with one attached hydrogen (secondary N) is 1. The molecule has 0 spiro atoms. The highest BCUT2D eigenvalue weighted by Crippen LogP contribution is 2.06. The molecule has 1 rings (SSSR count). The van der Waals surface area contributed by atoms with Crippen LogP contribution in [0.3, 0.4) is 0 Å². The normalized spacial score (nSPS) is 17.3. The lowest BCUT2D eigenvalue weighted by Crippen LogP contribution is -2.13. The standard InChI is InChI=1S/C8H11NO/c1-9-6-7-3-2-4-8(10)5-7/h2-4,9H,5-6H2,1H3. The molecule has 0 aromatic heterocycles. The lowest BCUT2D eigenvalue weighted by molar-refractivity contribution is -0.114. The molecule has 0 radical (unpaired) electrons. The van der Waals surface area contributed by atoms with E-state index >= 15 is 0 Å². The van der Waals surface area contributed by atoms with Crippen LogP contribution in [-0.2, 0) is 4.79 Å². The molecule has 0 fully saturated rings. The molecule has 54 valence electrons. The molecular weight excluding hydrogens is 126 g/mol. The van der Waals surface area contributed by atoms with Gasteiger partial charge in [-0.3, -0.25) is 4.79 Å². The van der Waals surface area contributed by atoms with Gasteiger partial charge in [0.2, 0.25) is 0 Å². The molecule has 1 N–H and O–H groups in total. The number of hydrogen-bond donors (Lipinski definition) is 1. The summed E-state index contributed by atoms with van der Waals surface area (Å²) in [5, 5.41) is 3.00. The van der Waals surface area contributed by atoms with Gasteiger partial charge in [-0.15, -0.1) is 0 Å². The summed E-state index contributed by atoms with van der Waals surface area (Å²) in [5.41, 5.74) is 1.16. The van der Waals surface area contributed by atoms with Gasteiger partial charge in [0.25, 0.3) is 0 Å². The third-order valence-corrected chi connectivity index (χ3v) is 1.42. The summed E-state index contributed by atoms with van der Waals surface area (Å²) >= 11 is 0. The van der Waals surface area contributed by atoms with Crippen LogP contribution in [0.2, 0.25) is 0 Å². The first-order valence-corrected chi connectivity index (χ1v) is 3.36. The molecule has 0 bridgehead atoms. The Morgan fingerprint density at radius 2 is 2.50 bits per heavy atom. The van der Waals surface area contributed by atoms with Gasteiger partial charge in [-0.05, 0) is 18.7 Å². The second-order valence-corrected chi connectivity index (χ2v) is 2.36. The van der Waals surface area contributed by atoms with Gasteiger partial charge < -0.3 is 5.32 Å². The lowest BCUT2D eigenvalue weighted by Gasteiger charge is -2.05. The lowest BCUT2D eigenvalue weighted by atomic mass is 10.0. The van der Waals surface area contributed by atoms with Gasteiger partial charge >= 0.3 is 0 Å². The molecule has 1 aliphatic rings. The molecule has 2 nitrogen and oxygen atoms in total. The molecule has 10 heavy (non-hydrogen) atoms. The van der Waals surface area contributed by atoms with E-state index in [9.17, 15) is 4.79 Å². The van der Waals surface area contributed by atoms with Gasteiger partial charge in [0.05, 0.1) is 0 Å². The van der Waals surface area contributed by atoms with Crippen LogP contribution in [0.25, 0.3) is 0 Å². The minimum Gasteiger partial charge on any atom is -0.316 e. The van der Waals surface area contributed by atoms with Crippen LogP contribution in [0.15, 0.2) is 23.8 Å². The smallest absolute Gasteiger partial charge is 0.159 e. The minimum absolute atomic E-state index is 0.202. The van der Waals surface area contributed by atoms with Crippen molar-refractivity contribution in [1.82, 2.24) is 5.32 Å². The molecule has 0 unspecified atom stereocenters. The van der Waals surface area contributed by atoms with Crippen molar-refractivity contribution < 1.29 is 4.79 Å². The Balaban J connectivity index is 2.53. The molecular formula is C8H11NO. The van der Waals surface area contributed by atoms with Crippen LogP contribution in [0.4, 0.5) is 0 Å². The van der Waals surface area contributed by atoms with Gasteiger partial charge in [0.1, 0.15) is 0 Å². The molecule has 0 aromatic rings. The fourth-order valence-electron chi connectivity index (χ4n) is 0.982. The van der Waals surface area contributed by atoms with E-state index < -0.39 is 0 Å². The summed E-state index contributed by atoms with van der Waals surface area (Å²) < 4.78 is 0. The second kappa shape index (κ2) is 3.32. The highest BCUT2D eigenvalue weighted by molar-refractivity contribution is 5.93. The van der Waals surface area contributed by atoms with E-state index in [-0.39, 0.29) is 5.78 Å². The predicted octanol–water partition coefficient (Wildman–Crippen LogP) is 0.661. The maximum atomic E-state index is 10.8. The first-order valence-electron chi connectivity index (χ1n) is 3.36. The molecule has 0 heterocycles. The molecule has 0 saturated heterocycles. The Morgan fingerprint density at radius 3 is 3.10 bits per heavy atom. The third-order valence-electron chi connectivity index (χ3n) is 1.42. The van der Waals surface area contributed by atoms with Gasteiger partial charge in [0.15, 0.2) is 5.78 Å². The fraction of sp³-hybridized carbons (Fsp3) is 0.375. The zero-order chi connectivity index (χ0) is 7.40. The summed E-state index contributed by atoms with van der Waals surface area (Å²) in [6.45, 7) is 0.816. The maximum absolute atomic E-state index is 10.8. The molecule has 0 amide bonds. The highest BCUT2D eigenvalue weighted by Gasteiger charge is 2.04. The average Bonchev–Trinajstić information content (AvgIpc) is 1.88. The maximum Gasteiger partial charge on any atom is 0.159 e. The van der Waals surface area contributed by atoms with Crippen molar-refractivity contribution in [2.24, 2.45) is 0 Å². The first kappa shape index (κ1) is 7.22. The molecule has 2 heteroatoms. The summed E-state index contributed by atoms with van der Waals surface area (Å²) in [6, 6.07) is 0. The van der Waals surface area contributed by atoms with Crippen LogP contribution in [0.1, 0.15) is 6.42 Å². The van der Waals surface area contributed by atoms with Crippen molar-refractivity contribution >= 4 is 5.78 Å². The summed E-state index contributed by atoms with van der Waals surface area (Å²) in [7, 11) is 1.88. The Hall–Kier alpha value is -0.890. The Labute approximate surface area is 60.6 Å². The van der Waals surface area contributed by atoms with Gasteiger partial charge in [0, 0.05) is 13.0 Å². The highest BCUT2D eigenvalue weighted by atomic mass is 16.1. The fourth-order valence-corrected chi connectivity index (χ4v) is 0.982. The van der Waals surface area contributed by atoms with Crippen LogP contribution < -0.4 is 5.32 Å². The van der Waals surface area contributed by atoms with E-state index in [2.05, 4.69) is 5.32 Å². The summed E-state index contributed by atoms with van der Waals surface area (Å²) in [6.07, 6.45) is 5.98. The largest absolute Gasteiger partial charge is 0.316 e. The molecule has 0 aliphatic heterocycles. The van der Waals surface area contributed by atoms with Crippen LogP contribution in [-0.4, -0.2) is 19.4 Å². The monoisotopic (exact) mass is 137 g/mol. The topological polar surface area (TPSA) is 29.1 Å². The average molecular weight is 137 g/mol. The zero-order valence-corrected chi connectivity index (χ0v) is 6.05. The zero-order valence-electron chi connectivity index (χ0n) is 6.05. The SMILES string of the molecule is CNCC1=CC=CC(=O)C1. The number of rotatable bonds is 2. The van der Waals surface area contributed by atoms with Gasteiger partial charge in [-0.25, -0.2) is 0 Å². The summed E-state index contributed by atoms with van der Waals surface area (Å²) in [4.78, 5) is 10.8. The van der Waals surface area contributed by atoms with Gasteiger partial charge in [-0.2, -0.15) is 0 Å². The second-order valence-electron chi connectivity index (χ2n) is 2.36. The van der Waals surface area contributed by atoms with E-state index in [1.54, 1.807) is 12.2 Å². The third kappa shape index (κ3) is 1.81.